The molecular weight excluding hydrogens is 331 g/mol. The van der Waals surface area contributed by atoms with Crippen LogP contribution < -0.4 is 11.0 Å². The normalized spacial score (nSPS) is 12.2. The molecule has 2 aromatic rings. The summed E-state index contributed by atoms with van der Waals surface area (Å²) in [6.07, 6.45) is 0.263. The van der Waals surface area contributed by atoms with Gasteiger partial charge in [0, 0.05) is 29.2 Å². The second-order valence-corrected chi connectivity index (χ2v) is 5.45. The monoisotopic (exact) mass is 344 g/mol. The molecule has 0 saturated carbocycles. The van der Waals surface area contributed by atoms with Crippen LogP contribution in [0.1, 0.15) is 11.7 Å². The number of aliphatic hydroxyl groups excluding tert-OH is 1. The maximum Gasteiger partial charge on any atom is 0.345 e. The number of halogens is 2. The third-order valence-corrected chi connectivity index (χ3v) is 3.66. The van der Waals surface area contributed by atoms with Crippen LogP contribution in [-0.4, -0.2) is 31.9 Å². The standard InChI is InChI=1S/C13H14Cl2N4O3/c1-18-7-17-19(13(18)22)6-11(21)16-5-10(20)12-8(14)3-2-4-9(12)15/h2-4,7,10,20H,5-6H2,1H3,(H,16,21). The zero-order valence-electron chi connectivity index (χ0n) is 11.7. The minimum absolute atomic E-state index is 0.0795. The number of hydrogen-bond donors (Lipinski definition) is 2. The van der Waals surface area contributed by atoms with Crippen molar-refractivity contribution >= 4 is 29.1 Å². The van der Waals surface area contributed by atoms with Crippen molar-refractivity contribution in [1.29, 1.82) is 0 Å². The molecule has 1 unspecified atom stereocenters. The Labute approximate surface area is 136 Å². The molecule has 1 heterocycles. The van der Waals surface area contributed by atoms with Crippen molar-refractivity contribution in [2.45, 2.75) is 12.6 Å². The van der Waals surface area contributed by atoms with Gasteiger partial charge in [-0.1, -0.05) is 29.3 Å². The van der Waals surface area contributed by atoms with Gasteiger partial charge in [0.15, 0.2) is 0 Å². The molecule has 0 aliphatic rings. The van der Waals surface area contributed by atoms with E-state index in [9.17, 15) is 14.7 Å². The van der Waals surface area contributed by atoms with E-state index in [2.05, 4.69) is 10.4 Å². The first kappa shape index (κ1) is 16.5. The first-order chi connectivity index (χ1) is 10.4. The van der Waals surface area contributed by atoms with Gasteiger partial charge in [0.2, 0.25) is 5.91 Å². The number of carbonyl (C=O) groups is 1. The fraction of sp³-hybridized carbons (Fsp3) is 0.308. The van der Waals surface area contributed by atoms with E-state index in [1.54, 1.807) is 18.2 Å². The molecule has 1 amide bonds. The number of nitrogens with one attached hydrogen (secondary N) is 1. The van der Waals surface area contributed by atoms with E-state index >= 15 is 0 Å². The molecule has 0 fully saturated rings. The zero-order valence-corrected chi connectivity index (χ0v) is 13.2. The first-order valence-corrected chi connectivity index (χ1v) is 7.13. The quantitative estimate of drug-likeness (QED) is 0.837. The fourth-order valence-electron chi connectivity index (χ4n) is 1.86. The summed E-state index contributed by atoms with van der Waals surface area (Å²) in [5, 5.41) is 17.0. The van der Waals surface area contributed by atoms with Crippen LogP contribution in [0.4, 0.5) is 0 Å². The zero-order chi connectivity index (χ0) is 16.3. The van der Waals surface area contributed by atoms with E-state index in [-0.39, 0.29) is 13.1 Å². The van der Waals surface area contributed by atoms with Gasteiger partial charge in [0.1, 0.15) is 12.9 Å². The summed E-state index contributed by atoms with van der Waals surface area (Å²) in [5.74, 6) is -0.456. The third-order valence-electron chi connectivity index (χ3n) is 3.01. The number of benzene rings is 1. The van der Waals surface area contributed by atoms with Crippen LogP contribution in [0.15, 0.2) is 29.3 Å². The van der Waals surface area contributed by atoms with Gasteiger partial charge in [-0.25, -0.2) is 9.48 Å². The van der Waals surface area contributed by atoms with Crippen molar-refractivity contribution in [3.05, 3.63) is 50.6 Å². The number of amides is 1. The Balaban J connectivity index is 1.96. The maximum atomic E-state index is 11.8. The van der Waals surface area contributed by atoms with Gasteiger partial charge in [-0.15, -0.1) is 0 Å². The molecule has 9 heteroatoms. The number of aromatic nitrogens is 3. The van der Waals surface area contributed by atoms with Crippen LogP contribution in [0, 0.1) is 0 Å². The van der Waals surface area contributed by atoms with Crippen LogP contribution in [0.3, 0.4) is 0 Å². The molecule has 22 heavy (non-hydrogen) atoms. The highest BCUT2D eigenvalue weighted by molar-refractivity contribution is 6.36. The number of aliphatic hydroxyl groups is 1. The van der Waals surface area contributed by atoms with Crippen molar-refractivity contribution in [2.24, 2.45) is 7.05 Å². The molecule has 2 N–H and O–H groups in total. The smallest absolute Gasteiger partial charge is 0.345 e. The Bertz CT molecular complexity index is 721. The minimum Gasteiger partial charge on any atom is -0.386 e. The Hall–Kier alpha value is -1.83. The third kappa shape index (κ3) is 3.68. The highest BCUT2D eigenvalue weighted by atomic mass is 35.5. The van der Waals surface area contributed by atoms with Gasteiger partial charge >= 0.3 is 5.69 Å². The Morgan fingerprint density at radius 2 is 2.05 bits per heavy atom. The molecule has 1 aromatic carbocycles. The number of aryl methyl sites for hydroxylation is 1. The van der Waals surface area contributed by atoms with Gasteiger partial charge in [0.25, 0.3) is 0 Å². The molecule has 7 nitrogen and oxygen atoms in total. The lowest BCUT2D eigenvalue weighted by Crippen LogP contribution is -2.35. The van der Waals surface area contributed by atoms with Crippen LogP contribution in [0.25, 0.3) is 0 Å². The average molecular weight is 345 g/mol. The number of carbonyl (C=O) groups excluding carboxylic acids is 1. The molecule has 0 saturated heterocycles. The SMILES string of the molecule is Cn1cnn(CC(=O)NCC(O)c2c(Cl)cccc2Cl)c1=O. The predicted molar refractivity (Wildman–Crippen MR) is 81.9 cm³/mol. The molecule has 0 spiro atoms. The predicted octanol–water partition coefficient (Wildman–Crippen LogP) is 0.738. The van der Waals surface area contributed by atoms with Crippen LogP contribution >= 0.6 is 23.2 Å². The largest absolute Gasteiger partial charge is 0.386 e. The van der Waals surface area contributed by atoms with Gasteiger partial charge in [-0.05, 0) is 12.1 Å². The molecule has 0 radical (unpaired) electrons. The van der Waals surface area contributed by atoms with E-state index in [0.29, 0.717) is 15.6 Å². The lowest BCUT2D eigenvalue weighted by Gasteiger charge is -2.15. The molecule has 0 aliphatic heterocycles. The van der Waals surface area contributed by atoms with Crippen LogP contribution in [-0.2, 0) is 18.4 Å². The van der Waals surface area contributed by atoms with Gasteiger partial charge in [0.05, 0.1) is 6.10 Å². The van der Waals surface area contributed by atoms with E-state index < -0.39 is 17.7 Å². The number of rotatable bonds is 5. The van der Waals surface area contributed by atoms with E-state index in [0.717, 1.165) is 4.68 Å². The van der Waals surface area contributed by atoms with Gasteiger partial charge < -0.3 is 10.4 Å². The average Bonchev–Trinajstić information content (AvgIpc) is 2.77. The fourth-order valence-corrected chi connectivity index (χ4v) is 2.51. The molecule has 1 aromatic heterocycles. The van der Waals surface area contributed by atoms with Crippen molar-refractivity contribution in [3.8, 4) is 0 Å². The lowest BCUT2D eigenvalue weighted by atomic mass is 10.1. The summed E-state index contributed by atoms with van der Waals surface area (Å²) < 4.78 is 2.27. The minimum atomic E-state index is -1.05. The molecular formula is C13H14Cl2N4O3. The summed E-state index contributed by atoms with van der Waals surface area (Å²) in [6.45, 7) is -0.313. The summed E-state index contributed by atoms with van der Waals surface area (Å²) in [7, 11) is 1.53. The molecule has 0 aliphatic carbocycles. The molecule has 1 atom stereocenters. The molecule has 118 valence electrons. The number of hydrogen-bond acceptors (Lipinski definition) is 4. The molecule has 2 rings (SSSR count). The Morgan fingerprint density at radius 1 is 1.41 bits per heavy atom. The van der Waals surface area contributed by atoms with E-state index in [1.807, 2.05) is 0 Å². The Kier molecular flexibility index (Phi) is 5.23. The van der Waals surface area contributed by atoms with Crippen molar-refractivity contribution in [1.82, 2.24) is 19.7 Å². The summed E-state index contributed by atoms with van der Waals surface area (Å²) in [5.41, 5.74) is -0.0500. The van der Waals surface area contributed by atoms with Gasteiger partial charge in [-0.2, -0.15) is 5.10 Å². The second kappa shape index (κ2) is 6.95. The first-order valence-electron chi connectivity index (χ1n) is 6.37. The van der Waals surface area contributed by atoms with Crippen LogP contribution in [0.2, 0.25) is 10.0 Å². The summed E-state index contributed by atoms with van der Waals surface area (Å²) >= 11 is 12.0. The van der Waals surface area contributed by atoms with Crippen LogP contribution in [0.5, 0.6) is 0 Å². The highest BCUT2D eigenvalue weighted by Crippen LogP contribution is 2.29. The summed E-state index contributed by atoms with van der Waals surface area (Å²) in [4.78, 5) is 23.3. The second-order valence-electron chi connectivity index (χ2n) is 4.64. The Morgan fingerprint density at radius 3 is 2.59 bits per heavy atom. The lowest BCUT2D eigenvalue weighted by molar-refractivity contribution is -0.122. The molecule has 0 bridgehead atoms. The highest BCUT2D eigenvalue weighted by Gasteiger charge is 2.16. The van der Waals surface area contributed by atoms with Crippen molar-refractivity contribution in [2.75, 3.05) is 6.54 Å². The number of nitrogens with zero attached hydrogens (tertiary/aromatic N) is 3. The van der Waals surface area contributed by atoms with E-state index in [4.69, 9.17) is 23.2 Å². The maximum absolute atomic E-state index is 11.8. The van der Waals surface area contributed by atoms with Gasteiger partial charge in [-0.3, -0.25) is 9.36 Å². The topological polar surface area (TPSA) is 89.2 Å². The summed E-state index contributed by atoms with van der Waals surface area (Å²) in [6, 6.07) is 4.86. The van der Waals surface area contributed by atoms with Crippen molar-refractivity contribution < 1.29 is 9.90 Å². The van der Waals surface area contributed by atoms with E-state index in [1.165, 1.54) is 17.9 Å². The van der Waals surface area contributed by atoms with Crippen molar-refractivity contribution in [3.63, 3.8) is 0 Å².